The number of carbonyl (C=O) groups is 4. The molecule has 3 aromatic heterocycles. The van der Waals surface area contributed by atoms with Gasteiger partial charge in [0.05, 0.1) is 22.7 Å². The van der Waals surface area contributed by atoms with E-state index in [1.807, 2.05) is 0 Å². The van der Waals surface area contributed by atoms with Crippen LogP contribution in [0.1, 0.15) is 69.1 Å². The van der Waals surface area contributed by atoms with Crippen LogP contribution in [0.2, 0.25) is 0 Å². The number of anilines is 4. The van der Waals surface area contributed by atoms with Crippen LogP contribution < -0.4 is 45.1 Å². The summed E-state index contributed by atoms with van der Waals surface area (Å²) >= 11 is 0. The first-order chi connectivity index (χ1) is 28.8. The van der Waals surface area contributed by atoms with Crippen LogP contribution >= 0.6 is 0 Å². The van der Waals surface area contributed by atoms with E-state index in [9.17, 15) is 19.2 Å². The fourth-order valence-corrected chi connectivity index (χ4v) is 7.62. The van der Waals surface area contributed by atoms with Crippen LogP contribution in [0.4, 0.5) is 22.7 Å². The molecule has 0 aliphatic carbocycles. The first kappa shape index (κ1) is 37.5. The Morgan fingerprint density at radius 1 is 0.383 bits per heavy atom. The number of nitrogens with zero attached hydrogens (tertiary/aromatic N) is 6. The molecule has 4 aromatic carbocycles. The van der Waals surface area contributed by atoms with Crippen molar-refractivity contribution in [1.29, 1.82) is 0 Å². The maximum atomic E-state index is 12.9. The Bertz CT molecular complexity index is 2870. The molecular weight excluding hydrogens is 769 g/mol. The van der Waals surface area contributed by atoms with Gasteiger partial charge in [-0.3, -0.25) is 42.5 Å². The molecular formula is C40H34N16O4. The van der Waals surface area contributed by atoms with Crippen LogP contribution in [-0.2, 0) is 0 Å². The number of carbonyl (C=O) groups excluding carboxylic acids is 4. The molecule has 0 unspecified atom stereocenters. The summed E-state index contributed by atoms with van der Waals surface area (Å²) in [6.07, 6.45) is 0. The lowest BCUT2D eigenvalue weighted by molar-refractivity contribution is 0.0981. The van der Waals surface area contributed by atoms with E-state index in [-0.39, 0.29) is 91.3 Å². The van der Waals surface area contributed by atoms with Gasteiger partial charge in [-0.05, 0) is 76.2 Å². The van der Waals surface area contributed by atoms with Crippen LogP contribution in [0, 0.1) is 0 Å². The minimum atomic E-state index is -0.331. The van der Waals surface area contributed by atoms with Crippen molar-refractivity contribution in [2.75, 3.05) is 21.7 Å². The fraction of sp³-hybridized carbons (Fsp3) is 0.100. The molecule has 8 bridgehead atoms. The molecule has 0 spiro atoms. The number of nitrogens with one attached hydrogen (secondary N) is 6. The van der Waals surface area contributed by atoms with Gasteiger partial charge in [0.2, 0.25) is 0 Å². The second-order valence-corrected chi connectivity index (χ2v) is 14.2. The number of benzene rings is 4. The second-order valence-electron chi connectivity index (χ2n) is 14.2. The molecule has 0 atom stereocenters. The molecule has 7 aromatic rings. The highest BCUT2D eigenvalue weighted by atomic mass is 16.1. The normalized spacial score (nSPS) is 11.6. The predicted octanol–water partition coefficient (Wildman–Crippen LogP) is 4.82. The predicted molar refractivity (Wildman–Crippen MR) is 227 cm³/mol. The van der Waals surface area contributed by atoms with Crippen molar-refractivity contribution < 1.29 is 19.2 Å². The third-order valence-electron chi connectivity index (χ3n) is 10.5. The maximum Gasteiger partial charge on any atom is 0.164 e. The summed E-state index contributed by atoms with van der Waals surface area (Å²) in [4.78, 5) is 88.1. The van der Waals surface area contributed by atoms with Crippen molar-refractivity contribution in [1.82, 2.24) is 39.9 Å². The Kier molecular flexibility index (Phi) is 8.64. The van der Waals surface area contributed by atoms with Crippen molar-refractivity contribution in [3.63, 3.8) is 0 Å². The number of nitrogen functional groups attached to an aromatic ring is 4. The van der Waals surface area contributed by atoms with E-state index >= 15 is 0 Å². The first-order valence-corrected chi connectivity index (χ1v) is 18.3. The van der Waals surface area contributed by atoms with E-state index in [4.69, 9.17) is 53.3 Å². The number of nitrogens with two attached hydrogens (primary N) is 4. The first-order valence-electron chi connectivity index (χ1n) is 18.3. The summed E-state index contributed by atoms with van der Waals surface area (Å²) in [7, 11) is 0. The fourth-order valence-electron chi connectivity index (χ4n) is 7.62. The van der Waals surface area contributed by atoms with Gasteiger partial charge in [0, 0.05) is 66.1 Å². The average molecular weight is 803 g/mol. The topological polar surface area (TPSA) is 329 Å². The van der Waals surface area contributed by atoms with Gasteiger partial charge in [0.15, 0.2) is 46.4 Å². The summed E-state index contributed by atoms with van der Waals surface area (Å²) in [5, 5.41) is 2.12. The number of fused-ring (bicyclic) bond motifs is 20. The third-order valence-corrected chi connectivity index (χ3v) is 10.5. The minimum Gasteiger partial charge on any atom is -0.324 e. The van der Waals surface area contributed by atoms with Crippen molar-refractivity contribution in [2.45, 2.75) is 27.7 Å². The highest BCUT2D eigenvalue weighted by Crippen LogP contribution is 2.41. The molecule has 2 aliphatic rings. The largest absolute Gasteiger partial charge is 0.324 e. The SMILES string of the molecule is CC(=O)c1cc2c(cc1C(C)=O)-c1nc-2nc2[nH]c(nc3nc(nc4[nH]c(n1)c1cc(NN)c(NN)cc41)-c1cc(C(C)=O)c(C(C)=O)cc1-3)c1cc(NN)c(NN)cc21. The smallest absolute Gasteiger partial charge is 0.164 e. The molecule has 14 N–H and O–H groups in total. The zero-order chi connectivity index (χ0) is 42.3. The Labute approximate surface area is 337 Å². The molecule has 5 heterocycles. The zero-order valence-corrected chi connectivity index (χ0v) is 32.2. The number of hydrogen-bond donors (Lipinski definition) is 10. The molecule has 0 fully saturated rings. The summed E-state index contributed by atoms with van der Waals surface area (Å²) < 4.78 is 0. The third kappa shape index (κ3) is 5.78. The number of H-pyrrole nitrogens is 2. The molecule has 2 aliphatic heterocycles. The van der Waals surface area contributed by atoms with E-state index in [1.54, 1.807) is 48.5 Å². The van der Waals surface area contributed by atoms with Gasteiger partial charge in [-0.25, -0.2) is 29.9 Å². The standard InChI is InChI=1S/C40H34N16O4/c1-13(57)17-5-21-22(6-18(17)14(2)58)34-45-33(21)47-37-25-9-29(53-41)30(54-42)10-26(25)39(51-37)49-35-23-7-19(15(3)59)20(16(4)60)8-24(23)36(46-35)50-40-28-12-32(56-44)31(55-43)11-27(28)38(48-34)52-40/h5-12,53-56H,41-44H2,1-4H3,(H2,45,46,47,48,49,50,51,52). The molecule has 0 saturated carbocycles. The molecule has 20 heteroatoms. The molecule has 0 radical (unpaired) electrons. The van der Waals surface area contributed by atoms with E-state index in [0.29, 0.717) is 66.5 Å². The number of ketones is 4. The average Bonchev–Trinajstić information content (AvgIpc) is 3.95. The molecule has 0 amide bonds. The number of aromatic nitrogens is 8. The second kappa shape index (κ2) is 13.8. The van der Waals surface area contributed by atoms with Crippen molar-refractivity contribution in [3.05, 3.63) is 70.8 Å². The van der Waals surface area contributed by atoms with Crippen LogP contribution in [0.15, 0.2) is 48.5 Å². The number of hydrogen-bond acceptors (Lipinski definition) is 18. The summed E-state index contributed by atoms with van der Waals surface area (Å²) in [5.74, 6) is 22.9. The molecule has 298 valence electrons. The molecule has 9 rings (SSSR count). The van der Waals surface area contributed by atoms with Crippen LogP contribution in [0.3, 0.4) is 0 Å². The monoisotopic (exact) mass is 802 g/mol. The summed E-state index contributed by atoms with van der Waals surface area (Å²) in [6, 6.07) is 13.2. The van der Waals surface area contributed by atoms with Gasteiger partial charge >= 0.3 is 0 Å². The molecule has 60 heavy (non-hydrogen) atoms. The highest BCUT2D eigenvalue weighted by molar-refractivity contribution is 6.13. The summed E-state index contributed by atoms with van der Waals surface area (Å²) in [5.41, 5.74) is 15.8. The van der Waals surface area contributed by atoms with E-state index in [1.165, 1.54) is 27.7 Å². The van der Waals surface area contributed by atoms with Gasteiger partial charge in [-0.2, -0.15) is 0 Å². The van der Waals surface area contributed by atoms with E-state index in [0.717, 1.165) is 0 Å². The lowest BCUT2D eigenvalue weighted by atomic mass is 9.94. The lowest BCUT2D eigenvalue weighted by Gasteiger charge is -2.09. The van der Waals surface area contributed by atoms with Gasteiger partial charge in [0.25, 0.3) is 0 Å². The summed E-state index contributed by atoms with van der Waals surface area (Å²) in [6.45, 7) is 5.50. The Balaban J connectivity index is 1.52. The number of aromatic amines is 2. The van der Waals surface area contributed by atoms with Gasteiger partial charge < -0.3 is 31.7 Å². The van der Waals surface area contributed by atoms with Crippen molar-refractivity contribution in [3.8, 4) is 45.6 Å². The van der Waals surface area contributed by atoms with Crippen molar-refractivity contribution in [2.24, 2.45) is 23.4 Å². The van der Waals surface area contributed by atoms with Crippen molar-refractivity contribution >= 4 is 90.0 Å². The minimum absolute atomic E-state index is 0.160. The number of rotatable bonds is 8. The Morgan fingerprint density at radius 2 is 0.600 bits per heavy atom. The number of hydrazine groups is 4. The quantitative estimate of drug-likeness (QED) is 0.0559. The Hall–Kier alpha value is -8.04. The molecule has 0 saturated heterocycles. The zero-order valence-electron chi connectivity index (χ0n) is 32.2. The van der Waals surface area contributed by atoms with Gasteiger partial charge in [-0.1, -0.05) is 0 Å². The van der Waals surface area contributed by atoms with E-state index < -0.39 is 0 Å². The maximum absolute atomic E-state index is 12.9. The highest BCUT2D eigenvalue weighted by Gasteiger charge is 2.28. The Morgan fingerprint density at radius 3 is 0.783 bits per heavy atom. The van der Waals surface area contributed by atoms with Gasteiger partial charge in [0.1, 0.15) is 22.6 Å². The van der Waals surface area contributed by atoms with E-state index in [2.05, 4.69) is 31.7 Å². The van der Waals surface area contributed by atoms with Crippen LogP contribution in [0.25, 0.3) is 89.7 Å². The number of Topliss-reactive ketones (excluding diaryl/α,β-unsaturated/α-hetero) is 4. The van der Waals surface area contributed by atoms with Crippen LogP contribution in [0.5, 0.6) is 0 Å². The van der Waals surface area contributed by atoms with Crippen LogP contribution in [-0.4, -0.2) is 63.0 Å². The van der Waals surface area contributed by atoms with Gasteiger partial charge in [-0.15, -0.1) is 0 Å². The lowest BCUT2D eigenvalue weighted by Crippen LogP contribution is -2.13. The molecule has 20 nitrogen and oxygen atoms in total.